The fourth-order valence-corrected chi connectivity index (χ4v) is 4.34. The third-order valence-electron chi connectivity index (χ3n) is 5.95. The van der Waals surface area contributed by atoms with E-state index in [9.17, 15) is 0 Å². The van der Waals surface area contributed by atoms with Crippen molar-refractivity contribution in [3.05, 3.63) is 54.1 Å². The number of nitrogens with two attached hydrogens (primary N) is 1. The smallest absolute Gasteiger partial charge is 0.166 e. The number of rotatable bonds is 4. The molecule has 2 aliphatic rings. The predicted molar refractivity (Wildman–Crippen MR) is 107 cm³/mol. The van der Waals surface area contributed by atoms with Crippen molar-refractivity contribution < 1.29 is 4.74 Å². The van der Waals surface area contributed by atoms with Crippen LogP contribution in [0.2, 0.25) is 0 Å². The first kappa shape index (κ1) is 17.2. The van der Waals surface area contributed by atoms with Gasteiger partial charge in [0, 0.05) is 42.2 Å². The summed E-state index contributed by atoms with van der Waals surface area (Å²) in [4.78, 5) is 8.70. The van der Waals surface area contributed by atoms with E-state index in [1.54, 1.807) is 12.4 Å². The molecule has 3 aromatic heterocycles. The number of anilines is 1. The van der Waals surface area contributed by atoms with Crippen LogP contribution in [0.1, 0.15) is 37.3 Å². The Bertz CT molecular complexity index is 993. The van der Waals surface area contributed by atoms with Crippen LogP contribution < -0.4 is 15.8 Å². The number of hydrogen-bond acceptors (Lipinski definition) is 6. The molecule has 2 atom stereocenters. The molecule has 0 aliphatic carbocycles. The predicted octanol–water partition coefficient (Wildman–Crippen LogP) is 2.70. The summed E-state index contributed by atoms with van der Waals surface area (Å²) in [6.45, 7) is 5.04. The molecule has 5 heterocycles. The normalized spacial score (nSPS) is 21.8. The van der Waals surface area contributed by atoms with Gasteiger partial charge in [-0.2, -0.15) is 5.10 Å². The summed E-state index contributed by atoms with van der Waals surface area (Å²) in [5, 5.41) is 8.33. The van der Waals surface area contributed by atoms with Gasteiger partial charge in [-0.1, -0.05) is 6.07 Å². The Balaban J connectivity index is 1.44. The Morgan fingerprint density at radius 2 is 2.18 bits per heavy atom. The molecule has 2 aliphatic heterocycles. The molecule has 1 unspecified atom stereocenters. The lowest BCUT2D eigenvalue weighted by molar-refractivity contribution is 0.222. The first-order chi connectivity index (χ1) is 13.6. The molecular formula is C21H24N6O. The van der Waals surface area contributed by atoms with Crippen molar-refractivity contribution >= 4 is 5.82 Å². The number of nitrogens with one attached hydrogen (secondary N) is 1. The second kappa shape index (κ2) is 6.60. The fourth-order valence-electron chi connectivity index (χ4n) is 4.34. The Morgan fingerprint density at radius 1 is 1.25 bits per heavy atom. The molecule has 1 saturated heterocycles. The number of nitrogen functional groups attached to an aromatic ring is 1. The molecule has 0 amide bonds. The Labute approximate surface area is 164 Å². The largest absolute Gasteiger partial charge is 0.481 e. The maximum absolute atomic E-state index is 6.07. The van der Waals surface area contributed by atoms with Gasteiger partial charge < -0.3 is 15.8 Å². The summed E-state index contributed by atoms with van der Waals surface area (Å²) in [5.41, 5.74) is 10.3. The van der Waals surface area contributed by atoms with E-state index in [0.29, 0.717) is 11.6 Å². The van der Waals surface area contributed by atoms with Crippen LogP contribution in [-0.4, -0.2) is 32.8 Å². The van der Waals surface area contributed by atoms with Crippen LogP contribution >= 0.6 is 0 Å². The average Bonchev–Trinajstić information content (AvgIpc) is 3.43. The molecule has 5 rings (SSSR count). The lowest BCUT2D eigenvalue weighted by Crippen LogP contribution is -2.25. The number of hydrogen-bond donors (Lipinski definition) is 2. The van der Waals surface area contributed by atoms with Crippen molar-refractivity contribution in [3.63, 3.8) is 0 Å². The van der Waals surface area contributed by atoms with E-state index in [-0.39, 0.29) is 11.5 Å². The quantitative estimate of drug-likeness (QED) is 0.728. The summed E-state index contributed by atoms with van der Waals surface area (Å²) < 4.78 is 8.22. The van der Waals surface area contributed by atoms with Gasteiger partial charge in [0.15, 0.2) is 11.6 Å². The van der Waals surface area contributed by atoms with Crippen molar-refractivity contribution in [2.24, 2.45) is 0 Å². The number of nitrogens with zero attached hydrogens (tertiary/aromatic N) is 4. The van der Waals surface area contributed by atoms with Gasteiger partial charge in [-0.15, -0.1) is 0 Å². The molecule has 28 heavy (non-hydrogen) atoms. The summed E-state index contributed by atoms with van der Waals surface area (Å²) in [7, 11) is 0. The summed E-state index contributed by atoms with van der Waals surface area (Å²) in [6.07, 6.45) is 5.64. The number of aromatic nitrogens is 4. The van der Waals surface area contributed by atoms with Gasteiger partial charge in [-0.3, -0.25) is 9.67 Å². The topological polar surface area (TPSA) is 90.9 Å². The van der Waals surface area contributed by atoms with Crippen LogP contribution in [0.4, 0.5) is 5.82 Å². The number of ether oxygens (including phenoxy) is 1. The highest BCUT2D eigenvalue weighted by Crippen LogP contribution is 2.41. The third kappa shape index (κ3) is 2.82. The molecule has 0 bridgehead atoms. The maximum Gasteiger partial charge on any atom is 0.166 e. The molecule has 1 spiro atoms. The van der Waals surface area contributed by atoms with E-state index in [0.717, 1.165) is 36.6 Å². The highest BCUT2D eigenvalue weighted by molar-refractivity contribution is 5.64. The molecular weight excluding hydrogens is 352 g/mol. The van der Waals surface area contributed by atoms with Crippen LogP contribution in [0.25, 0.3) is 11.3 Å². The maximum atomic E-state index is 6.07. The van der Waals surface area contributed by atoms with Gasteiger partial charge >= 0.3 is 0 Å². The zero-order chi connectivity index (χ0) is 19.1. The van der Waals surface area contributed by atoms with Crippen LogP contribution in [0.15, 0.2) is 42.7 Å². The number of fused-ring (bicyclic) bond motifs is 2. The molecule has 0 aromatic carbocycles. The van der Waals surface area contributed by atoms with Crippen molar-refractivity contribution in [3.8, 4) is 17.0 Å². The van der Waals surface area contributed by atoms with Crippen molar-refractivity contribution in [2.75, 3.05) is 18.8 Å². The molecule has 1 fully saturated rings. The third-order valence-corrected chi connectivity index (χ3v) is 5.95. The average molecular weight is 376 g/mol. The highest BCUT2D eigenvalue weighted by atomic mass is 16.5. The SMILES string of the molecule is C[C@@H](Oc1cc(-c2cc3n(n2)CCC32CCNC2)cnc1N)c1ccccn1. The van der Waals surface area contributed by atoms with E-state index in [2.05, 4.69) is 26.0 Å². The van der Waals surface area contributed by atoms with E-state index in [4.69, 9.17) is 15.6 Å². The monoisotopic (exact) mass is 376 g/mol. The lowest BCUT2D eigenvalue weighted by atomic mass is 9.82. The number of pyridine rings is 2. The first-order valence-corrected chi connectivity index (χ1v) is 9.77. The zero-order valence-corrected chi connectivity index (χ0v) is 15.9. The van der Waals surface area contributed by atoms with E-state index < -0.39 is 0 Å². The summed E-state index contributed by atoms with van der Waals surface area (Å²) in [6, 6.07) is 9.91. The number of aryl methyl sites for hydroxylation is 1. The minimum absolute atomic E-state index is 0.222. The van der Waals surface area contributed by atoms with Gasteiger partial charge in [-0.05, 0) is 50.6 Å². The lowest BCUT2D eigenvalue weighted by Gasteiger charge is -2.20. The molecule has 0 radical (unpaired) electrons. The molecule has 7 nitrogen and oxygen atoms in total. The second-order valence-corrected chi connectivity index (χ2v) is 7.72. The van der Waals surface area contributed by atoms with E-state index in [1.807, 2.05) is 31.2 Å². The van der Waals surface area contributed by atoms with Gasteiger partial charge in [0.2, 0.25) is 0 Å². The van der Waals surface area contributed by atoms with Crippen LogP contribution in [0.5, 0.6) is 5.75 Å². The fraction of sp³-hybridized carbons (Fsp3) is 0.381. The Kier molecular flexibility index (Phi) is 4.05. The first-order valence-electron chi connectivity index (χ1n) is 9.77. The van der Waals surface area contributed by atoms with Gasteiger partial charge in [0.25, 0.3) is 0 Å². The van der Waals surface area contributed by atoms with Crippen LogP contribution in [0, 0.1) is 0 Å². The van der Waals surface area contributed by atoms with Crippen molar-refractivity contribution in [2.45, 2.75) is 37.8 Å². The van der Waals surface area contributed by atoms with Crippen LogP contribution in [-0.2, 0) is 12.0 Å². The molecule has 144 valence electrons. The summed E-state index contributed by atoms with van der Waals surface area (Å²) in [5.74, 6) is 0.927. The van der Waals surface area contributed by atoms with Gasteiger partial charge in [-0.25, -0.2) is 4.98 Å². The molecule has 3 aromatic rings. The zero-order valence-electron chi connectivity index (χ0n) is 15.9. The standard InChI is InChI=1S/C21H24N6O/c1-14(16-4-2-3-7-24-16)28-18-10-15(12-25-20(18)22)17-11-19-21(5-8-23-13-21)6-9-27(19)26-17/h2-4,7,10-12,14,23H,5-6,8-9,13H2,1H3,(H2,22,25)/t14-,21?/m1/s1. The highest BCUT2D eigenvalue weighted by Gasteiger charge is 2.42. The van der Waals surface area contributed by atoms with Crippen LogP contribution in [0.3, 0.4) is 0 Å². The minimum atomic E-state index is -0.222. The second-order valence-electron chi connectivity index (χ2n) is 7.72. The molecule has 0 saturated carbocycles. The van der Waals surface area contributed by atoms with Gasteiger partial charge in [0.05, 0.1) is 11.4 Å². The van der Waals surface area contributed by atoms with E-state index in [1.165, 1.54) is 18.5 Å². The Hall–Kier alpha value is -2.93. The van der Waals surface area contributed by atoms with Gasteiger partial charge in [0.1, 0.15) is 6.10 Å². The van der Waals surface area contributed by atoms with E-state index >= 15 is 0 Å². The molecule has 7 heteroatoms. The Morgan fingerprint density at radius 3 is 2.96 bits per heavy atom. The summed E-state index contributed by atoms with van der Waals surface area (Å²) >= 11 is 0. The molecule has 3 N–H and O–H groups in total. The minimum Gasteiger partial charge on any atom is -0.481 e. The van der Waals surface area contributed by atoms with Crippen molar-refractivity contribution in [1.82, 2.24) is 25.1 Å². The van der Waals surface area contributed by atoms with Crippen molar-refractivity contribution in [1.29, 1.82) is 0 Å².